The monoisotopic (exact) mass is 513 g/mol. The van der Waals surface area contributed by atoms with E-state index in [9.17, 15) is 0 Å². The molecule has 0 amide bonds. The number of piperidine rings is 1. The molecule has 2 heterocycles. The molecule has 1 aromatic heterocycles. The molecule has 0 spiro atoms. The molecule has 1 unspecified atom stereocenters. The second-order valence-corrected chi connectivity index (χ2v) is 8.44. The van der Waals surface area contributed by atoms with Gasteiger partial charge in [0.25, 0.3) is 0 Å². The highest BCUT2D eigenvalue weighted by molar-refractivity contribution is 14.0. The highest BCUT2D eigenvalue weighted by Gasteiger charge is 2.22. The molecule has 1 saturated heterocycles. The average molecular weight is 513 g/mol. The first-order chi connectivity index (χ1) is 13.2. The lowest BCUT2D eigenvalue weighted by atomic mass is 10.0. The van der Waals surface area contributed by atoms with E-state index in [-0.39, 0.29) is 24.0 Å². The summed E-state index contributed by atoms with van der Waals surface area (Å²) in [5.41, 5.74) is 2.50. The molecule has 1 fully saturated rings. The van der Waals surface area contributed by atoms with Gasteiger partial charge in [0, 0.05) is 31.1 Å². The Bertz CT molecular complexity index is 747. The fourth-order valence-corrected chi connectivity index (χ4v) is 4.53. The highest BCUT2D eigenvalue weighted by atomic mass is 127. The predicted octanol–water partition coefficient (Wildman–Crippen LogP) is 4.10. The van der Waals surface area contributed by atoms with Crippen LogP contribution in [0.3, 0.4) is 0 Å². The van der Waals surface area contributed by atoms with Crippen LogP contribution >= 0.6 is 35.3 Å². The molecular weight excluding hydrogens is 481 g/mol. The number of aliphatic imine (C=N–C) groups is 1. The van der Waals surface area contributed by atoms with E-state index in [0.717, 1.165) is 36.3 Å². The largest absolute Gasteiger partial charge is 0.355 e. The summed E-state index contributed by atoms with van der Waals surface area (Å²) < 4.78 is 0. The molecule has 1 aromatic carbocycles. The van der Waals surface area contributed by atoms with Crippen LogP contribution in [0.15, 0.2) is 35.3 Å². The number of hydrogen-bond acceptors (Lipinski definition) is 4. The first kappa shape index (κ1) is 23.1. The van der Waals surface area contributed by atoms with Gasteiger partial charge in [0.05, 0.1) is 17.2 Å². The quantitative estimate of drug-likeness (QED) is 0.347. The third-order valence-corrected chi connectivity index (χ3v) is 6.20. The van der Waals surface area contributed by atoms with Crippen molar-refractivity contribution in [3.63, 3.8) is 0 Å². The average Bonchev–Trinajstić information content (AvgIpc) is 3.01. The Morgan fingerprint density at radius 2 is 2.00 bits per heavy atom. The molecule has 154 valence electrons. The number of benzene rings is 1. The number of hydrogen-bond donors (Lipinski definition) is 2. The van der Waals surface area contributed by atoms with Gasteiger partial charge in [0.2, 0.25) is 0 Å². The van der Waals surface area contributed by atoms with E-state index >= 15 is 0 Å². The third-order valence-electron chi connectivity index (χ3n) is 5.12. The summed E-state index contributed by atoms with van der Waals surface area (Å²) in [6, 6.07) is 11.3. The van der Waals surface area contributed by atoms with E-state index in [0.29, 0.717) is 6.04 Å². The number of thiazole rings is 1. The molecule has 0 saturated carbocycles. The number of nitrogens with zero attached hydrogens (tertiary/aromatic N) is 3. The molecule has 1 aliphatic rings. The lowest BCUT2D eigenvalue weighted by molar-refractivity contribution is 0.141. The number of nitrogens with one attached hydrogen (secondary N) is 2. The molecule has 7 heteroatoms. The SMILES string of the molecule is CN=C(NCc1sc(C)nc1C)NCC1CCCCN1Cc1ccccc1.I. The Labute approximate surface area is 190 Å². The lowest BCUT2D eigenvalue weighted by Crippen LogP contribution is -2.48. The molecule has 28 heavy (non-hydrogen) atoms. The minimum absolute atomic E-state index is 0. The van der Waals surface area contributed by atoms with Crippen LogP contribution < -0.4 is 10.6 Å². The fraction of sp³-hybridized carbons (Fsp3) is 0.524. The van der Waals surface area contributed by atoms with E-state index in [4.69, 9.17) is 0 Å². The Hall–Kier alpha value is -1.19. The van der Waals surface area contributed by atoms with E-state index in [1.54, 1.807) is 11.3 Å². The molecule has 1 atom stereocenters. The van der Waals surface area contributed by atoms with Crippen molar-refractivity contribution in [1.29, 1.82) is 0 Å². The van der Waals surface area contributed by atoms with E-state index in [1.165, 1.54) is 36.2 Å². The van der Waals surface area contributed by atoms with Crippen LogP contribution in [0.4, 0.5) is 0 Å². The summed E-state index contributed by atoms with van der Waals surface area (Å²) in [4.78, 5) is 12.8. The molecule has 1 aliphatic heterocycles. The summed E-state index contributed by atoms with van der Waals surface area (Å²) in [5.74, 6) is 0.866. The number of halogens is 1. The van der Waals surface area contributed by atoms with Crippen LogP contribution in [0.2, 0.25) is 0 Å². The van der Waals surface area contributed by atoms with Gasteiger partial charge in [0.1, 0.15) is 0 Å². The standard InChI is InChI=1S/C21H31N5S.HI/c1-16-20(27-17(2)25-16)14-24-21(22-3)23-13-19-11-7-8-12-26(19)15-18-9-5-4-6-10-18;/h4-6,9-10,19H,7-8,11-15H2,1-3H3,(H2,22,23,24);1H. The van der Waals surface area contributed by atoms with Crippen LogP contribution in [-0.2, 0) is 13.1 Å². The van der Waals surface area contributed by atoms with Crippen molar-refractivity contribution in [2.45, 2.75) is 52.2 Å². The molecule has 5 nitrogen and oxygen atoms in total. The zero-order chi connectivity index (χ0) is 19.1. The van der Waals surface area contributed by atoms with Crippen molar-refractivity contribution in [1.82, 2.24) is 20.5 Å². The van der Waals surface area contributed by atoms with Crippen LogP contribution in [-0.4, -0.2) is 42.0 Å². The van der Waals surface area contributed by atoms with Gasteiger partial charge in [0.15, 0.2) is 5.96 Å². The molecule has 3 rings (SSSR count). The summed E-state index contributed by atoms with van der Waals surface area (Å²) >= 11 is 1.75. The zero-order valence-electron chi connectivity index (χ0n) is 17.1. The normalized spacial score (nSPS) is 17.8. The maximum Gasteiger partial charge on any atom is 0.191 e. The Balaban J connectivity index is 0.00000280. The summed E-state index contributed by atoms with van der Waals surface area (Å²) in [6.45, 7) is 8.02. The van der Waals surface area contributed by atoms with Gasteiger partial charge in [-0.1, -0.05) is 36.8 Å². The van der Waals surface area contributed by atoms with Crippen molar-refractivity contribution >= 4 is 41.3 Å². The van der Waals surface area contributed by atoms with Gasteiger partial charge >= 0.3 is 0 Å². The molecule has 2 aromatic rings. The molecule has 0 radical (unpaired) electrons. The van der Waals surface area contributed by atoms with Gasteiger partial charge in [-0.3, -0.25) is 9.89 Å². The number of aromatic nitrogens is 1. The van der Waals surface area contributed by atoms with E-state index in [2.05, 4.69) is 69.7 Å². The predicted molar refractivity (Wildman–Crippen MR) is 130 cm³/mol. The van der Waals surface area contributed by atoms with Crippen LogP contribution in [0.5, 0.6) is 0 Å². The Kier molecular flexibility index (Phi) is 9.67. The van der Waals surface area contributed by atoms with Crippen molar-refractivity contribution in [3.05, 3.63) is 51.5 Å². The topological polar surface area (TPSA) is 52.6 Å². The van der Waals surface area contributed by atoms with Crippen molar-refractivity contribution in [2.24, 2.45) is 4.99 Å². The Morgan fingerprint density at radius 1 is 1.21 bits per heavy atom. The summed E-state index contributed by atoms with van der Waals surface area (Å²) in [6.07, 6.45) is 3.84. The second kappa shape index (κ2) is 11.7. The molecule has 0 bridgehead atoms. The number of aryl methyl sites for hydroxylation is 2. The van der Waals surface area contributed by atoms with Crippen LogP contribution in [0.25, 0.3) is 0 Å². The third kappa shape index (κ3) is 6.70. The minimum atomic E-state index is 0. The lowest BCUT2D eigenvalue weighted by Gasteiger charge is -2.36. The maximum absolute atomic E-state index is 4.50. The van der Waals surface area contributed by atoms with Gasteiger partial charge in [-0.15, -0.1) is 35.3 Å². The van der Waals surface area contributed by atoms with Crippen molar-refractivity contribution in [2.75, 3.05) is 20.1 Å². The van der Waals surface area contributed by atoms with Gasteiger partial charge < -0.3 is 10.6 Å². The number of rotatable bonds is 6. The van der Waals surface area contributed by atoms with E-state index < -0.39 is 0 Å². The summed E-state index contributed by atoms with van der Waals surface area (Å²) in [7, 11) is 1.84. The molecule has 2 N–H and O–H groups in total. The van der Waals surface area contributed by atoms with Gasteiger partial charge in [-0.05, 0) is 38.8 Å². The van der Waals surface area contributed by atoms with Crippen molar-refractivity contribution in [3.8, 4) is 0 Å². The first-order valence-electron chi connectivity index (χ1n) is 9.81. The maximum atomic E-state index is 4.50. The van der Waals surface area contributed by atoms with Crippen molar-refractivity contribution < 1.29 is 0 Å². The molecular formula is C21H32IN5S. The zero-order valence-corrected chi connectivity index (χ0v) is 20.2. The second-order valence-electron chi connectivity index (χ2n) is 7.15. The fourth-order valence-electron chi connectivity index (χ4n) is 3.65. The Morgan fingerprint density at radius 3 is 2.68 bits per heavy atom. The first-order valence-corrected chi connectivity index (χ1v) is 10.6. The highest BCUT2D eigenvalue weighted by Crippen LogP contribution is 2.19. The summed E-state index contributed by atoms with van der Waals surface area (Å²) in [5, 5.41) is 8.08. The van der Waals surface area contributed by atoms with Gasteiger partial charge in [-0.25, -0.2) is 4.98 Å². The molecule has 0 aliphatic carbocycles. The smallest absolute Gasteiger partial charge is 0.191 e. The number of likely N-dealkylation sites (tertiary alicyclic amines) is 1. The van der Waals surface area contributed by atoms with Crippen LogP contribution in [0.1, 0.15) is 40.4 Å². The van der Waals surface area contributed by atoms with Gasteiger partial charge in [-0.2, -0.15) is 0 Å². The minimum Gasteiger partial charge on any atom is -0.355 e. The van der Waals surface area contributed by atoms with Crippen LogP contribution in [0, 0.1) is 13.8 Å². The number of guanidine groups is 1. The van der Waals surface area contributed by atoms with E-state index in [1.807, 2.05) is 7.05 Å².